The van der Waals surface area contributed by atoms with Gasteiger partial charge in [0.05, 0.1) is 0 Å². The third-order valence-corrected chi connectivity index (χ3v) is 4.70. The minimum absolute atomic E-state index is 0.610. The second-order valence-electron chi connectivity index (χ2n) is 4.62. The third kappa shape index (κ3) is 2.94. The largest absolute Gasteiger partial charge is 0.358 e. The molecule has 2 rings (SSSR count). The highest BCUT2D eigenvalue weighted by atomic mass is 79.9. The highest BCUT2D eigenvalue weighted by Crippen LogP contribution is 2.31. The van der Waals surface area contributed by atoms with Crippen LogP contribution in [0.1, 0.15) is 33.1 Å². The van der Waals surface area contributed by atoms with Gasteiger partial charge in [0.1, 0.15) is 4.60 Å². The van der Waals surface area contributed by atoms with E-state index in [1.54, 1.807) is 11.3 Å². The molecule has 0 aliphatic heterocycles. The van der Waals surface area contributed by atoms with Gasteiger partial charge in [0.25, 0.3) is 0 Å². The lowest BCUT2D eigenvalue weighted by Gasteiger charge is -2.32. The van der Waals surface area contributed by atoms with Crippen LogP contribution >= 0.6 is 27.3 Å². The molecule has 1 aliphatic rings. The number of hydrogen-bond donors (Lipinski definition) is 1. The van der Waals surface area contributed by atoms with Gasteiger partial charge >= 0.3 is 0 Å². The lowest BCUT2D eigenvalue weighted by molar-refractivity contribution is 0.276. The van der Waals surface area contributed by atoms with Crippen molar-refractivity contribution in [1.82, 2.24) is 4.98 Å². The second-order valence-corrected chi connectivity index (χ2v) is 6.29. The molecule has 2 nitrogen and oxygen atoms in total. The zero-order valence-electron chi connectivity index (χ0n) is 9.16. The van der Waals surface area contributed by atoms with E-state index in [1.807, 2.05) is 5.38 Å². The summed E-state index contributed by atoms with van der Waals surface area (Å²) in [4.78, 5) is 4.38. The molecule has 1 fully saturated rings. The van der Waals surface area contributed by atoms with Crippen LogP contribution in [0.15, 0.2) is 9.98 Å². The Labute approximate surface area is 104 Å². The van der Waals surface area contributed by atoms with Crippen molar-refractivity contribution in [3.05, 3.63) is 9.98 Å². The smallest absolute Gasteiger partial charge is 0.183 e. The van der Waals surface area contributed by atoms with Crippen LogP contribution in [0.4, 0.5) is 5.13 Å². The normalized spacial score (nSPS) is 31.5. The average Bonchev–Trinajstić information content (AvgIpc) is 2.56. The van der Waals surface area contributed by atoms with Crippen molar-refractivity contribution in [2.24, 2.45) is 11.8 Å². The van der Waals surface area contributed by atoms with Gasteiger partial charge in [-0.1, -0.05) is 13.8 Å². The molecule has 0 amide bonds. The van der Waals surface area contributed by atoms with Crippen LogP contribution in [0.25, 0.3) is 0 Å². The Hall–Kier alpha value is -0.0900. The Morgan fingerprint density at radius 3 is 2.87 bits per heavy atom. The first-order chi connectivity index (χ1) is 7.15. The fraction of sp³-hybridized carbons (Fsp3) is 0.727. The van der Waals surface area contributed by atoms with E-state index in [4.69, 9.17) is 0 Å². The fourth-order valence-electron chi connectivity index (χ4n) is 2.36. The van der Waals surface area contributed by atoms with Crippen molar-refractivity contribution in [2.45, 2.75) is 39.2 Å². The molecule has 15 heavy (non-hydrogen) atoms. The molecule has 1 aromatic heterocycles. The van der Waals surface area contributed by atoms with Gasteiger partial charge in [-0.2, -0.15) is 0 Å². The van der Waals surface area contributed by atoms with E-state index in [1.165, 1.54) is 19.3 Å². The first-order valence-electron chi connectivity index (χ1n) is 5.52. The summed E-state index contributed by atoms with van der Waals surface area (Å²) in [5.74, 6) is 1.65. The maximum Gasteiger partial charge on any atom is 0.183 e. The molecular formula is C11H17BrN2S. The summed E-state index contributed by atoms with van der Waals surface area (Å²) >= 11 is 5.06. The molecule has 0 radical (unpaired) electrons. The lowest BCUT2D eigenvalue weighted by atomic mass is 9.80. The fourth-order valence-corrected chi connectivity index (χ4v) is 3.57. The molecule has 3 atom stereocenters. The van der Waals surface area contributed by atoms with Gasteiger partial charge in [-0.3, -0.25) is 0 Å². The zero-order valence-corrected chi connectivity index (χ0v) is 11.6. The third-order valence-electron chi connectivity index (χ3n) is 3.22. The summed E-state index contributed by atoms with van der Waals surface area (Å²) in [5.41, 5.74) is 0. The van der Waals surface area contributed by atoms with Crippen LogP contribution in [0, 0.1) is 11.8 Å². The van der Waals surface area contributed by atoms with Crippen molar-refractivity contribution in [1.29, 1.82) is 0 Å². The monoisotopic (exact) mass is 288 g/mol. The molecule has 1 N–H and O–H groups in total. The van der Waals surface area contributed by atoms with Gasteiger partial charge in [0.2, 0.25) is 0 Å². The maximum atomic E-state index is 4.38. The molecule has 84 valence electrons. The predicted octanol–water partition coefficient (Wildman–Crippen LogP) is 4.14. The molecule has 4 heteroatoms. The Bertz CT molecular complexity index is 326. The minimum Gasteiger partial charge on any atom is -0.358 e. The maximum absolute atomic E-state index is 4.38. The van der Waals surface area contributed by atoms with Crippen LogP contribution in [0.3, 0.4) is 0 Å². The first-order valence-corrected chi connectivity index (χ1v) is 7.20. The quantitative estimate of drug-likeness (QED) is 0.885. The Morgan fingerprint density at radius 1 is 1.47 bits per heavy atom. The number of hydrogen-bond acceptors (Lipinski definition) is 3. The summed E-state index contributed by atoms with van der Waals surface area (Å²) in [6.45, 7) is 4.70. The number of nitrogens with zero attached hydrogens (tertiary/aromatic N) is 1. The van der Waals surface area contributed by atoms with E-state index >= 15 is 0 Å². The molecule has 0 spiro atoms. The topological polar surface area (TPSA) is 24.9 Å². The van der Waals surface area contributed by atoms with Gasteiger partial charge < -0.3 is 5.32 Å². The van der Waals surface area contributed by atoms with Crippen molar-refractivity contribution < 1.29 is 0 Å². The molecule has 3 unspecified atom stereocenters. The highest BCUT2D eigenvalue weighted by Gasteiger charge is 2.25. The van der Waals surface area contributed by atoms with Gasteiger partial charge in [-0.25, -0.2) is 4.98 Å². The Kier molecular flexibility index (Phi) is 3.67. The SMILES string of the molecule is CC1CCC(Nc2nc(Br)cs2)C(C)C1. The summed E-state index contributed by atoms with van der Waals surface area (Å²) in [7, 11) is 0. The van der Waals surface area contributed by atoms with Crippen molar-refractivity contribution >= 4 is 32.4 Å². The van der Waals surface area contributed by atoms with E-state index in [9.17, 15) is 0 Å². The Balaban J connectivity index is 1.94. The van der Waals surface area contributed by atoms with Gasteiger partial charge in [0, 0.05) is 11.4 Å². The van der Waals surface area contributed by atoms with Crippen LogP contribution in [0.5, 0.6) is 0 Å². The summed E-state index contributed by atoms with van der Waals surface area (Å²) in [5, 5.41) is 6.62. The van der Waals surface area contributed by atoms with Crippen LogP contribution in [-0.2, 0) is 0 Å². The summed E-state index contributed by atoms with van der Waals surface area (Å²) in [6.07, 6.45) is 3.96. The standard InChI is InChI=1S/C11H17BrN2S/c1-7-3-4-9(8(2)5-7)13-11-14-10(12)6-15-11/h6-9H,3-5H2,1-2H3,(H,13,14). The zero-order chi connectivity index (χ0) is 10.8. The van der Waals surface area contributed by atoms with Gasteiger partial charge in [-0.05, 0) is 47.0 Å². The van der Waals surface area contributed by atoms with E-state index < -0.39 is 0 Å². The van der Waals surface area contributed by atoms with Crippen molar-refractivity contribution in [2.75, 3.05) is 5.32 Å². The number of anilines is 1. The summed E-state index contributed by atoms with van der Waals surface area (Å²) in [6, 6.07) is 0.610. The molecule has 1 saturated carbocycles. The molecule has 1 heterocycles. The lowest BCUT2D eigenvalue weighted by Crippen LogP contribution is -2.32. The van der Waals surface area contributed by atoms with Crippen molar-refractivity contribution in [3.63, 3.8) is 0 Å². The minimum atomic E-state index is 0.610. The second kappa shape index (κ2) is 4.83. The number of thiazole rings is 1. The van der Waals surface area contributed by atoms with E-state index in [2.05, 4.69) is 40.1 Å². The van der Waals surface area contributed by atoms with E-state index in [0.29, 0.717) is 6.04 Å². The molecular weight excluding hydrogens is 272 g/mol. The molecule has 0 bridgehead atoms. The van der Waals surface area contributed by atoms with Gasteiger partial charge in [-0.15, -0.1) is 11.3 Å². The molecule has 0 aromatic carbocycles. The van der Waals surface area contributed by atoms with Crippen LogP contribution in [-0.4, -0.2) is 11.0 Å². The van der Waals surface area contributed by atoms with E-state index in [0.717, 1.165) is 21.6 Å². The van der Waals surface area contributed by atoms with Crippen LogP contribution in [0.2, 0.25) is 0 Å². The van der Waals surface area contributed by atoms with E-state index in [-0.39, 0.29) is 0 Å². The number of rotatable bonds is 2. The Morgan fingerprint density at radius 2 is 2.27 bits per heavy atom. The average molecular weight is 289 g/mol. The summed E-state index contributed by atoms with van der Waals surface area (Å²) < 4.78 is 0.937. The molecule has 0 saturated heterocycles. The van der Waals surface area contributed by atoms with Gasteiger partial charge in [0.15, 0.2) is 5.13 Å². The highest BCUT2D eigenvalue weighted by molar-refractivity contribution is 9.10. The molecule has 1 aromatic rings. The molecule has 1 aliphatic carbocycles. The first kappa shape index (κ1) is 11.4. The number of aromatic nitrogens is 1. The number of halogens is 1. The number of nitrogens with one attached hydrogen (secondary N) is 1. The van der Waals surface area contributed by atoms with Crippen molar-refractivity contribution in [3.8, 4) is 0 Å². The predicted molar refractivity (Wildman–Crippen MR) is 69.4 cm³/mol. The van der Waals surface area contributed by atoms with Crippen LogP contribution < -0.4 is 5.32 Å².